The monoisotopic (exact) mass is 258 g/mol. The summed E-state index contributed by atoms with van der Waals surface area (Å²) in [6.07, 6.45) is 1.72. The quantitative estimate of drug-likeness (QED) is 0.737. The number of fused-ring (bicyclic) bond motifs is 1. The summed E-state index contributed by atoms with van der Waals surface area (Å²) in [6, 6.07) is 9.54. The van der Waals surface area contributed by atoms with Crippen molar-refractivity contribution in [3.05, 3.63) is 47.2 Å². The molecular formula is C13H11ClN4. The summed E-state index contributed by atoms with van der Waals surface area (Å²) in [5.41, 5.74) is 4.63. The van der Waals surface area contributed by atoms with E-state index >= 15 is 0 Å². The van der Waals surface area contributed by atoms with Gasteiger partial charge in [0, 0.05) is 16.4 Å². The molecule has 90 valence electrons. The van der Waals surface area contributed by atoms with Crippen LogP contribution in [0.25, 0.3) is 11.0 Å². The van der Waals surface area contributed by atoms with E-state index in [0.29, 0.717) is 0 Å². The minimum atomic E-state index is 0.721. The van der Waals surface area contributed by atoms with Crippen molar-refractivity contribution in [3.63, 3.8) is 0 Å². The third-order valence-corrected chi connectivity index (χ3v) is 2.91. The molecule has 2 N–H and O–H groups in total. The Balaban J connectivity index is 2.03. The van der Waals surface area contributed by atoms with Crippen LogP contribution in [0.15, 0.2) is 36.5 Å². The van der Waals surface area contributed by atoms with Gasteiger partial charge in [-0.25, -0.2) is 4.98 Å². The SMILES string of the molecule is Cc1cc(Nc2ccc(Cl)cc2)c2[nH]ncc2n1. The van der Waals surface area contributed by atoms with E-state index < -0.39 is 0 Å². The van der Waals surface area contributed by atoms with E-state index in [1.54, 1.807) is 6.20 Å². The highest BCUT2D eigenvalue weighted by atomic mass is 35.5. The largest absolute Gasteiger partial charge is 0.354 e. The molecular weight excluding hydrogens is 248 g/mol. The molecule has 0 bridgehead atoms. The van der Waals surface area contributed by atoms with Crippen LogP contribution in [-0.2, 0) is 0 Å². The second-order valence-corrected chi connectivity index (χ2v) is 4.51. The molecule has 1 aromatic carbocycles. The molecule has 0 saturated carbocycles. The normalized spacial score (nSPS) is 10.8. The summed E-state index contributed by atoms with van der Waals surface area (Å²) >= 11 is 5.86. The van der Waals surface area contributed by atoms with E-state index in [2.05, 4.69) is 20.5 Å². The molecule has 5 heteroatoms. The molecule has 3 aromatic rings. The number of benzene rings is 1. The molecule has 0 unspecified atom stereocenters. The zero-order chi connectivity index (χ0) is 12.5. The van der Waals surface area contributed by atoms with E-state index in [-0.39, 0.29) is 0 Å². The molecule has 0 radical (unpaired) electrons. The highest BCUT2D eigenvalue weighted by molar-refractivity contribution is 6.30. The molecule has 0 atom stereocenters. The molecule has 0 saturated heterocycles. The Morgan fingerprint density at radius 1 is 1.22 bits per heavy atom. The Labute approximate surface area is 109 Å². The highest BCUT2D eigenvalue weighted by Crippen LogP contribution is 2.25. The summed E-state index contributed by atoms with van der Waals surface area (Å²) in [5, 5.41) is 11.0. The zero-order valence-electron chi connectivity index (χ0n) is 9.74. The average Bonchev–Trinajstić information content (AvgIpc) is 2.80. The molecule has 18 heavy (non-hydrogen) atoms. The molecule has 0 spiro atoms. The number of nitrogens with zero attached hydrogens (tertiary/aromatic N) is 2. The van der Waals surface area contributed by atoms with Crippen molar-refractivity contribution in [2.75, 3.05) is 5.32 Å². The Bertz CT molecular complexity index is 688. The first-order chi connectivity index (χ1) is 8.72. The molecule has 0 fully saturated rings. The molecule has 0 amide bonds. The van der Waals surface area contributed by atoms with Crippen molar-refractivity contribution < 1.29 is 0 Å². The maximum absolute atomic E-state index is 5.86. The van der Waals surface area contributed by atoms with Gasteiger partial charge in [0.25, 0.3) is 0 Å². The molecule has 0 aliphatic heterocycles. The van der Waals surface area contributed by atoms with Gasteiger partial charge in [-0.1, -0.05) is 11.6 Å². The molecule has 3 rings (SSSR count). The van der Waals surface area contributed by atoms with Crippen molar-refractivity contribution in [1.82, 2.24) is 15.2 Å². The summed E-state index contributed by atoms with van der Waals surface area (Å²) in [4.78, 5) is 4.40. The number of anilines is 2. The average molecular weight is 259 g/mol. The molecule has 2 heterocycles. The summed E-state index contributed by atoms with van der Waals surface area (Å²) in [7, 11) is 0. The van der Waals surface area contributed by atoms with Crippen LogP contribution in [0.4, 0.5) is 11.4 Å². The number of aromatic amines is 1. The van der Waals surface area contributed by atoms with Gasteiger partial charge in [-0.3, -0.25) is 5.10 Å². The minimum absolute atomic E-state index is 0.721. The summed E-state index contributed by atoms with van der Waals surface area (Å²) < 4.78 is 0. The van der Waals surface area contributed by atoms with Crippen molar-refractivity contribution in [2.45, 2.75) is 6.92 Å². The number of hydrogen-bond acceptors (Lipinski definition) is 3. The van der Waals surface area contributed by atoms with Crippen molar-refractivity contribution >= 4 is 34.0 Å². The number of pyridine rings is 1. The minimum Gasteiger partial charge on any atom is -0.354 e. The van der Waals surface area contributed by atoms with Gasteiger partial charge in [-0.2, -0.15) is 5.10 Å². The van der Waals surface area contributed by atoms with Crippen LogP contribution >= 0.6 is 11.6 Å². The highest BCUT2D eigenvalue weighted by Gasteiger charge is 2.06. The maximum Gasteiger partial charge on any atom is 0.110 e. The lowest BCUT2D eigenvalue weighted by Crippen LogP contribution is -1.93. The van der Waals surface area contributed by atoms with Gasteiger partial charge in [0.2, 0.25) is 0 Å². The lowest BCUT2D eigenvalue weighted by Gasteiger charge is -2.08. The number of rotatable bonds is 2. The Kier molecular flexibility index (Phi) is 2.64. The number of aromatic nitrogens is 3. The summed E-state index contributed by atoms with van der Waals surface area (Å²) in [6.45, 7) is 1.96. The van der Waals surface area contributed by atoms with Gasteiger partial charge in [-0.15, -0.1) is 0 Å². The fraction of sp³-hybridized carbons (Fsp3) is 0.0769. The number of hydrogen-bond donors (Lipinski definition) is 2. The van der Waals surface area contributed by atoms with Gasteiger partial charge in [-0.05, 0) is 37.3 Å². The van der Waals surface area contributed by atoms with E-state index in [1.807, 2.05) is 37.3 Å². The number of halogens is 1. The fourth-order valence-corrected chi connectivity index (χ4v) is 1.98. The lowest BCUT2D eigenvalue weighted by molar-refractivity contribution is 1.12. The standard InChI is InChI=1S/C13H11ClN4/c1-8-6-11(13-12(16-8)7-15-18-13)17-10-4-2-9(14)3-5-10/h2-7H,1H3,(H,15,18)(H,16,17). The molecule has 2 aromatic heterocycles. The third kappa shape index (κ3) is 2.02. The van der Waals surface area contributed by atoms with Crippen molar-refractivity contribution in [2.24, 2.45) is 0 Å². The second-order valence-electron chi connectivity index (χ2n) is 4.07. The molecule has 0 aliphatic rings. The van der Waals surface area contributed by atoms with Crippen LogP contribution in [0.5, 0.6) is 0 Å². The zero-order valence-corrected chi connectivity index (χ0v) is 10.5. The van der Waals surface area contributed by atoms with Gasteiger partial charge in [0.05, 0.1) is 11.9 Å². The van der Waals surface area contributed by atoms with Gasteiger partial charge < -0.3 is 5.32 Å². The predicted octanol–water partition coefficient (Wildman–Crippen LogP) is 3.66. The first-order valence-electron chi connectivity index (χ1n) is 5.56. The maximum atomic E-state index is 5.86. The lowest BCUT2D eigenvalue weighted by atomic mass is 10.2. The third-order valence-electron chi connectivity index (χ3n) is 2.66. The second kappa shape index (κ2) is 4.31. The van der Waals surface area contributed by atoms with Crippen molar-refractivity contribution in [1.29, 1.82) is 0 Å². The summed E-state index contributed by atoms with van der Waals surface area (Å²) in [5.74, 6) is 0. The first kappa shape index (κ1) is 11.0. The van der Waals surface area contributed by atoms with Crippen LogP contribution in [0.3, 0.4) is 0 Å². The first-order valence-corrected chi connectivity index (χ1v) is 5.93. The molecule has 4 nitrogen and oxygen atoms in total. The van der Waals surface area contributed by atoms with Crippen LogP contribution in [0.2, 0.25) is 5.02 Å². The Morgan fingerprint density at radius 3 is 2.78 bits per heavy atom. The van der Waals surface area contributed by atoms with Crippen molar-refractivity contribution in [3.8, 4) is 0 Å². The van der Waals surface area contributed by atoms with E-state index in [9.17, 15) is 0 Å². The van der Waals surface area contributed by atoms with Gasteiger partial charge >= 0.3 is 0 Å². The van der Waals surface area contributed by atoms with Crippen LogP contribution < -0.4 is 5.32 Å². The van der Waals surface area contributed by atoms with Gasteiger partial charge in [0.1, 0.15) is 11.0 Å². The van der Waals surface area contributed by atoms with E-state index in [4.69, 9.17) is 11.6 Å². The van der Waals surface area contributed by atoms with E-state index in [0.717, 1.165) is 33.1 Å². The number of aryl methyl sites for hydroxylation is 1. The Morgan fingerprint density at radius 2 is 2.00 bits per heavy atom. The van der Waals surface area contributed by atoms with Crippen LogP contribution in [0.1, 0.15) is 5.69 Å². The number of H-pyrrole nitrogens is 1. The smallest absolute Gasteiger partial charge is 0.110 e. The topological polar surface area (TPSA) is 53.6 Å². The van der Waals surface area contributed by atoms with Gasteiger partial charge in [0.15, 0.2) is 0 Å². The fourth-order valence-electron chi connectivity index (χ4n) is 1.85. The van der Waals surface area contributed by atoms with E-state index in [1.165, 1.54) is 0 Å². The van der Waals surface area contributed by atoms with Crippen LogP contribution in [0, 0.1) is 6.92 Å². The Hall–Kier alpha value is -2.07. The van der Waals surface area contributed by atoms with Crippen LogP contribution in [-0.4, -0.2) is 15.2 Å². The number of nitrogens with one attached hydrogen (secondary N) is 2. The predicted molar refractivity (Wildman–Crippen MR) is 73.4 cm³/mol. The molecule has 0 aliphatic carbocycles.